The Morgan fingerprint density at radius 1 is 1.10 bits per heavy atom. The molecule has 0 bridgehead atoms. The lowest BCUT2D eigenvalue weighted by atomic mass is 10.1. The van der Waals surface area contributed by atoms with Crippen molar-refractivity contribution in [2.75, 3.05) is 0 Å². The van der Waals surface area contributed by atoms with E-state index in [1.165, 1.54) is 6.07 Å². The number of ether oxygens (including phenoxy) is 1. The normalized spacial score (nSPS) is 10.5. The number of aromatic carboxylic acids is 1. The summed E-state index contributed by atoms with van der Waals surface area (Å²) in [7, 11) is 0. The number of hydrogen-bond acceptors (Lipinski definition) is 3. The van der Waals surface area contributed by atoms with Crippen LogP contribution in [0.4, 0.5) is 0 Å². The second kappa shape index (κ2) is 5.42. The van der Waals surface area contributed by atoms with Crippen molar-refractivity contribution in [3.05, 3.63) is 65.2 Å². The minimum absolute atomic E-state index is 0.141. The van der Waals surface area contributed by atoms with E-state index in [0.29, 0.717) is 21.7 Å². The number of hydrogen-bond donors (Lipinski definition) is 1. The van der Waals surface area contributed by atoms with E-state index in [2.05, 4.69) is 4.98 Å². The van der Waals surface area contributed by atoms with Crippen LogP contribution in [0, 0.1) is 0 Å². The zero-order valence-corrected chi connectivity index (χ0v) is 11.5. The van der Waals surface area contributed by atoms with Gasteiger partial charge in [0.25, 0.3) is 0 Å². The summed E-state index contributed by atoms with van der Waals surface area (Å²) in [6.45, 7) is 0. The van der Waals surface area contributed by atoms with Crippen molar-refractivity contribution in [2.45, 2.75) is 0 Å². The Labute approximate surface area is 125 Å². The molecule has 2 aromatic carbocycles. The fourth-order valence-electron chi connectivity index (χ4n) is 2.02. The van der Waals surface area contributed by atoms with Crippen LogP contribution >= 0.6 is 11.6 Å². The van der Waals surface area contributed by atoms with Crippen LogP contribution in [0.1, 0.15) is 10.4 Å². The Bertz CT molecular complexity index is 833. The summed E-state index contributed by atoms with van der Waals surface area (Å²) in [5.41, 5.74) is 0.696. The molecule has 0 spiro atoms. The third-order valence-electron chi connectivity index (χ3n) is 2.97. The molecule has 0 aliphatic rings. The molecule has 104 valence electrons. The van der Waals surface area contributed by atoms with Crippen molar-refractivity contribution in [3.63, 3.8) is 0 Å². The maximum atomic E-state index is 11.4. The van der Waals surface area contributed by atoms with Crippen molar-refractivity contribution >= 4 is 28.5 Å². The Hall–Kier alpha value is -2.59. The lowest BCUT2D eigenvalue weighted by Crippen LogP contribution is -2.00. The molecule has 21 heavy (non-hydrogen) atoms. The summed E-state index contributed by atoms with van der Waals surface area (Å²) in [5, 5.41) is 10.3. The Kier molecular flexibility index (Phi) is 3.46. The van der Waals surface area contributed by atoms with Crippen LogP contribution in [-0.2, 0) is 0 Å². The summed E-state index contributed by atoms with van der Waals surface area (Å²) < 4.78 is 5.60. The molecule has 0 unspecified atom stereocenters. The van der Waals surface area contributed by atoms with Crippen molar-refractivity contribution in [2.24, 2.45) is 0 Å². The first-order valence-corrected chi connectivity index (χ1v) is 6.58. The highest BCUT2D eigenvalue weighted by atomic mass is 35.5. The second-order valence-corrected chi connectivity index (χ2v) is 4.77. The number of benzene rings is 2. The van der Waals surface area contributed by atoms with E-state index in [9.17, 15) is 9.90 Å². The predicted molar refractivity (Wildman–Crippen MR) is 80.2 cm³/mol. The molecule has 1 heterocycles. The van der Waals surface area contributed by atoms with Crippen molar-refractivity contribution in [3.8, 4) is 11.6 Å². The number of carboxylic acids is 1. The van der Waals surface area contributed by atoms with E-state index in [1.807, 2.05) is 0 Å². The zero-order chi connectivity index (χ0) is 14.8. The van der Waals surface area contributed by atoms with Gasteiger partial charge in [0.15, 0.2) is 0 Å². The largest absolute Gasteiger partial charge is 0.478 e. The minimum Gasteiger partial charge on any atom is -0.478 e. The van der Waals surface area contributed by atoms with E-state index < -0.39 is 5.97 Å². The molecule has 0 aliphatic heterocycles. The molecule has 0 saturated carbocycles. The molecule has 0 aliphatic carbocycles. The third-order valence-corrected chi connectivity index (χ3v) is 3.29. The number of rotatable bonds is 3. The Balaban J connectivity index is 2.11. The number of pyridine rings is 1. The number of nitrogens with zero attached hydrogens (tertiary/aromatic N) is 1. The average molecular weight is 300 g/mol. The Morgan fingerprint density at radius 3 is 2.57 bits per heavy atom. The summed E-state index contributed by atoms with van der Waals surface area (Å²) in [5.74, 6) is -0.407. The number of aromatic nitrogens is 1. The molecule has 3 rings (SSSR count). The van der Waals surface area contributed by atoms with Gasteiger partial charge in [-0.2, -0.15) is 0 Å². The topological polar surface area (TPSA) is 59.4 Å². The van der Waals surface area contributed by atoms with Gasteiger partial charge in [-0.25, -0.2) is 9.78 Å². The van der Waals surface area contributed by atoms with Crippen molar-refractivity contribution < 1.29 is 14.6 Å². The molecular weight excluding hydrogens is 290 g/mol. The van der Waals surface area contributed by atoms with Crippen molar-refractivity contribution in [1.29, 1.82) is 0 Å². The van der Waals surface area contributed by atoms with Gasteiger partial charge in [-0.15, -0.1) is 0 Å². The highest BCUT2D eigenvalue weighted by Crippen LogP contribution is 2.30. The van der Waals surface area contributed by atoms with Gasteiger partial charge in [-0.1, -0.05) is 41.9 Å². The maximum Gasteiger partial charge on any atom is 0.336 e. The number of carboxylic acid groups (broad SMARTS) is 1. The smallest absolute Gasteiger partial charge is 0.336 e. The van der Waals surface area contributed by atoms with Crippen LogP contribution in [0.3, 0.4) is 0 Å². The standard InChI is InChI=1S/C16H10ClNO3/c17-12-6-2-4-8-14(12)21-15-9-11(16(19)20)10-5-1-3-7-13(10)18-15/h1-9H,(H,19,20). The molecule has 1 N–H and O–H groups in total. The summed E-state index contributed by atoms with van der Waals surface area (Å²) in [6.07, 6.45) is 0. The van der Waals surface area contributed by atoms with Crippen molar-refractivity contribution in [1.82, 2.24) is 4.98 Å². The van der Waals surface area contributed by atoms with E-state index in [1.54, 1.807) is 48.5 Å². The first-order chi connectivity index (χ1) is 10.1. The average Bonchev–Trinajstić information content (AvgIpc) is 2.48. The maximum absolute atomic E-state index is 11.4. The fraction of sp³-hybridized carbons (Fsp3) is 0. The molecule has 0 radical (unpaired) electrons. The van der Waals surface area contributed by atoms with Gasteiger partial charge in [0.05, 0.1) is 16.1 Å². The number of fused-ring (bicyclic) bond motifs is 1. The number of para-hydroxylation sites is 2. The van der Waals surface area contributed by atoms with Crippen LogP contribution in [0.15, 0.2) is 54.6 Å². The number of halogens is 1. The lowest BCUT2D eigenvalue weighted by Gasteiger charge is -2.09. The van der Waals surface area contributed by atoms with Crippen LogP contribution < -0.4 is 4.74 Å². The first kappa shape index (κ1) is 13.4. The monoisotopic (exact) mass is 299 g/mol. The molecule has 3 aromatic rings. The zero-order valence-electron chi connectivity index (χ0n) is 10.8. The van der Waals surface area contributed by atoms with Gasteiger partial charge < -0.3 is 9.84 Å². The van der Waals surface area contributed by atoms with E-state index >= 15 is 0 Å². The quantitative estimate of drug-likeness (QED) is 0.779. The summed E-state index contributed by atoms with van der Waals surface area (Å²) in [6, 6.07) is 15.4. The second-order valence-electron chi connectivity index (χ2n) is 4.36. The molecule has 1 aromatic heterocycles. The first-order valence-electron chi connectivity index (χ1n) is 6.20. The lowest BCUT2D eigenvalue weighted by molar-refractivity contribution is 0.0698. The van der Waals surface area contributed by atoms with Gasteiger partial charge in [0.2, 0.25) is 5.88 Å². The van der Waals surface area contributed by atoms with Gasteiger partial charge >= 0.3 is 5.97 Å². The molecule has 5 heteroatoms. The molecule has 0 amide bonds. The molecule has 0 saturated heterocycles. The van der Waals surface area contributed by atoms with Gasteiger partial charge in [0, 0.05) is 11.5 Å². The fourth-order valence-corrected chi connectivity index (χ4v) is 2.19. The highest BCUT2D eigenvalue weighted by Gasteiger charge is 2.13. The van der Waals surface area contributed by atoms with E-state index in [-0.39, 0.29) is 11.4 Å². The third kappa shape index (κ3) is 2.66. The number of carbonyl (C=O) groups is 1. The predicted octanol–water partition coefficient (Wildman–Crippen LogP) is 4.38. The van der Waals surface area contributed by atoms with Crippen LogP contribution in [0.25, 0.3) is 10.9 Å². The molecular formula is C16H10ClNO3. The van der Waals surface area contributed by atoms with Crippen LogP contribution in [-0.4, -0.2) is 16.1 Å². The van der Waals surface area contributed by atoms with Crippen LogP contribution in [0.5, 0.6) is 11.6 Å². The van der Waals surface area contributed by atoms with Gasteiger partial charge in [-0.3, -0.25) is 0 Å². The Morgan fingerprint density at radius 2 is 1.81 bits per heavy atom. The summed E-state index contributed by atoms with van der Waals surface area (Å²) >= 11 is 6.03. The van der Waals surface area contributed by atoms with E-state index in [4.69, 9.17) is 16.3 Å². The molecule has 4 nitrogen and oxygen atoms in total. The SMILES string of the molecule is O=C(O)c1cc(Oc2ccccc2Cl)nc2ccccc12. The van der Waals surface area contributed by atoms with Crippen LogP contribution in [0.2, 0.25) is 5.02 Å². The minimum atomic E-state index is -1.03. The van der Waals surface area contributed by atoms with E-state index in [0.717, 1.165) is 0 Å². The summed E-state index contributed by atoms with van der Waals surface area (Å²) in [4.78, 5) is 15.7. The van der Waals surface area contributed by atoms with Gasteiger partial charge in [-0.05, 0) is 18.2 Å². The highest BCUT2D eigenvalue weighted by molar-refractivity contribution is 6.32. The van der Waals surface area contributed by atoms with Gasteiger partial charge in [0.1, 0.15) is 5.75 Å². The molecule has 0 atom stereocenters. The molecule has 0 fully saturated rings.